The molecule has 92 valence electrons. The smallest absolute Gasteiger partial charge is 0.0294 e. The first-order chi connectivity index (χ1) is 8.31. The van der Waals surface area contributed by atoms with Crippen LogP contribution in [0, 0.1) is 5.92 Å². The van der Waals surface area contributed by atoms with Crippen LogP contribution in [0.2, 0.25) is 0 Å². The van der Waals surface area contributed by atoms with Crippen molar-refractivity contribution in [2.45, 2.75) is 44.7 Å². The summed E-state index contributed by atoms with van der Waals surface area (Å²) in [5, 5.41) is 3.76. The van der Waals surface area contributed by atoms with Gasteiger partial charge in [-0.25, -0.2) is 0 Å². The van der Waals surface area contributed by atoms with Gasteiger partial charge in [0.15, 0.2) is 0 Å². The molecule has 1 saturated carbocycles. The number of hydrogen-bond donors (Lipinski definition) is 1. The Morgan fingerprint density at radius 2 is 1.94 bits per heavy atom. The Labute approximate surface area is 105 Å². The normalized spacial score (nSPS) is 26.4. The Morgan fingerprint density at radius 1 is 1.24 bits per heavy atom. The summed E-state index contributed by atoms with van der Waals surface area (Å²) in [7, 11) is 0. The van der Waals surface area contributed by atoms with E-state index in [0.29, 0.717) is 18.0 Å². The minimum atomic E-state index is 0.432. The van der Waals surface area contributed by atoms with Gasteiger partial charge in [0.05, 0.1) is 0 Å². The fourth-order valence-electron chi connectivity index (χ4n) is 2.81. The molecular weight excluding hydrogens is 206 g/mol. The highest BCUT2D eigenvalue weighted by molar-refractivity contribution is 5.18. The molecule has 1 nitrogen and oxygen atoms in total. The van der Waals surface area contributed by atoms with Crippen LogP contribution in [0.4, 0.5) is 0 Å². The minimum Gasteiger partial charge on any atom is -0.307 e. The molecule has 0 heterocycles. The highest BCUT2D eigenvalue weighted by Gasteiger charge is 2.23. The molecular formula is C16H23N. The lowest BCUT2D eigenvalue weighted by molar-refractivity contribution is 0.287. The monoisotopic (exact) mass is 229 g/mol. The number of nitrogens with one attached hydrogen (secondary N) is 1. The summed E-state index contributed by atoms with van der Waals surface area (Å²) in [4.78, 5) is 0. The predicted octanol–water partition coefficient (Wildman–Crippen LogP) is 4.08. The topological polar surface area (TPSA) is 12.0 Å². The van der Waals surface area contributed by atoms with E-state index >= 15 is 0 Å². The summed E-state index contributed by atoms with van der Waals surface area (Å²) in [6.07, 6.45) is 7.42. The van der Waals surface area contributed by atoms with Gasteiger partial charge in [0, 0.05) is 12.1 Å². The number of benzene rings is 1. The zero-order chi connectivity index (χ0) is 12.1. The third kappa shape index (κ3) is 3.19. The molecule has 2 unspecified atom stereocenters. The maximum atomic E-state index is 3.97. The van der Waals surface area contributed by atoms with Crippen LogP contribution in [-0.4, -0.2) is 6.04 Å². The second kappa shape index (κ2) is 6.02. The van der Waals surface area contributed by atoms with Gasteiger partial charge in [-0.15, -0.1) is 6.58 Å². The van der Waals surface area contributed by atoms with Crippen molar-refractivity contribution >= 4 is 0 Å². The lowest BCUT2D eigenvalue weighted by Gasteiger charge is -2.32. The molecule has 0 spiro atoms. The summed E-state index contributed by atoms with van der Waals surface area (Å²) >= 11 is 0. The molecule has 1 fully saturated rings. The summed E-state index contributed by atoms with van der Waals surface area (Å²) in [6, 6.07) is 11.7. The van der Waals surface area contributed by atoms with Gasteiger partial charge in [0.2, 0.25) is 0 Å². The molecule has 0 aromatic heterocycles. The Hall–Kier alpha value is -1.08. The maximum absolute atomic E-state index is 3.97. The van der Waals surface area contributed by atoms with E-state index in [2.05, 4.69) is 55.2 Å². The van der Waals surface area contributed by atoms with Crippen molar-refractivity contribution in [3.05, 3.63) is 48.6 Å². The minimum absolute atomic E-state index is 0.432. The molecule has 1 heteroatoms. The first kappa shape index (κ1) is 12.4. The van der Waals surface area contributed by atoms with Crippen molar-refractivity contribution < 1.29 is 0 Å². The molecule has 1 aromatic rings. The molecule has 0 bridgehead atoms. The van der Waals surface area contributed by atoms with Crippen LogP contribution in [0.5, 0.6) is 0 Å². The van der Waals surface area contributed by atoms with E-state index in [1.807, 2.05) is 0 Å². The summed E-state index contributed by atoms with van der Waals surface area (Å²) in [6.45, 7) is 6.23. The van der Waals surface area contributed by atoms with Crippen LogP contribution in [0.15, 0.2) is 43.0 Å². The Bertz CT molecular complexity index is 344. The fourth-order valence-corrected chi connectivity index (χ4v) is 2.81. The quantitative estimate of drug-likeness (QED) is 0.767. The molecule has 0 saturated heterocycles. The van der Waals surface area contributed by atoms with Crippen molar-refractivity contribution in [1.29, 1.82) is 0 Å². The largest absolute Gasteiger partial charge is 0.307 e. The first-order valence-corrected chi connectivity index (χ1v) is 6.75. The Kier molecular flexibility index (Phi) is 4.38. The third-order valence-electron chi connectivity index (χ3n) is 3.89. The molecule has 1 aromatic carbocycles. The van der Waals surface area contributed by atoms with E-state index in [1.165, 1.54) is 31.2 Å². The SMILES string of the molecule is C=CC1CCCCC1N[C@H](C)c1ccccc1. The number of hydrogen-bond acceptors (Lipinski definition) is 1. The molecule has 17 heavy (non-hydrogen) atoms. The summed E-state index contributed by atoms with van der Waals surface area (Å²) in [5.41, 5.74) is 1.38. The van der Waals surface area contributed by atoms with Gasteiger partial charge < -0.3 is 5.32 Å². The molecule has 0 amide bonds. The Balaban J connectivity index is 1.97. The molecule has 1 aliphatic rings. The van der Waals surface area contributed by atoms with Crippen LogP contribution in [0.1, 0.15) is 44.2 Å². The van der Waals surface area contributed by atoms with Crippen molar-refractivity contribution in [2.75, 3.05) is 0 Å². The fraction of sp³-hybridized carbons (Fsp3) is 0.500. The van der Waals surface area contributed by atoms with Crippen LogP contribution in [-0.2, 0) is 0 Å². The summed E-state index contributed by atoms with van der Waals surface area (Å²) in [5.74, 6) is 0.648. The van der Waals surface area contributed by atoms with Gasteiger partial charge in [0.25, 0.3) is 0 Å². The van der Waals surface area contributed by atoms with E-state index in [1.54, 1.807) is 0 Å². The predicted molar refractivity (Wildman–Crippen MR) is 73.9 cm³/mol. The zero-order valence-corrected chi connectivity index (χ0v) is 10.7. The standard InChI is InChI=1S/C16H23N/c1-3-14-9-7-8-12-16(14)17-13(2)15-10-5-4-6-11-15/h3-6,10-11,13-14,16-17H,1,7-9,12H2,2H3/t13-,14?,16?/m1/s1. The second-order valence-electron chi connectivity index (χ2n) is 5.09. The lowest BCUT2D eigenvalue weighted by Crippen LogP contribution is -2.39. The van der Waals surface area contributed by atoms with Crippen molar-refractivity contribution in [3.8, 4) is 0 Å². The third-order valence-corrected chi connectivity index (χ3v) is 3.89. The molecule has 2 rings (SSSR count). The van der Waals surface area contributed by atoms with Gasteiger partial charge in [-0.05, 0) is 31.2 Å². The van der Waals surface area contributed by atoms with Gasteiger partial charge in [0.1, 0.15) is 0 Å². The van der Waals surface area contributed by atoms with Gasteiger partial charge in [-0.2, -0.15) is 0 Å². The molecule has 0 radical (unpaired) electrons. The number of rotatable bonds is 4. The van der Waals surface area contributed by atoms with Crippen molar-refractivity contribution in [1.82, 2.24) is 5.32 Å². The molecule has 0 aliphatic heterocycles. The maximum Gasteiger partial charge on any atom is 0.0294 e. The van der Waals surface area contributed by atoms with Gasteiger partial charge in [-0.1, -0.05) is 49.2 Å². The van der Waals surface area contributed by atoms with Crippen molar-refractivity contribution in [3.63, 3.8) is 0 Å². The molecule has 1 aliphatic carbocycles. The van der Waals surface area contributed by atoms with Crippen molar-refractivity contribution in [2.24, 2.45) is 5.92 Å². The van der Waals surface area contributed by atoms with E-state index in [9.17, 15) is 0 Å². The van der Waals surface area contributed by atoms with E-state index in [-0.39, 0.29) is 0 Å². The van der Waals surface area contributed by atoms with E-state index < -0.39 is 0 Å². The zero-order valence-electron chi connectivity index (χ0n) is 10.7. The van der Waals surface area contributed by atoms with Gasteiger partial charge >= 0.3 is 0 Å². The Morgan fingerprint density at radius 3 is 2.65 bits per heavy atom. The van der Waals surface area contributed by atoms with Crippen LogP contribution in [0.3, 0.4) is 0 Å². The summed E-state index contributed by atoms with van der Waals surface area (Å²) < 4.78 is 0. The highest BCUT2D eigenvalue weighted by atomic mass is 15.0. The van der Waals surface area contributed by atoms with Crippen LogP contribution >= 0.6 is 0 Å². The molecule has 3 atom stereocenters. The first-order valence-electron chi connectivity index (χ1n) is 6.75. The second-order valence-corrected chi connectivity index (χ2v) is 5.09. The average Bonchev–Trinajstić information content (AvgIpc) is 2.40. The lowest BCUT2D eigenvalue weighted by atomic mass is 9.84. The van der Waals surface area contributed by atoms with E-state index in [0.717, 1.165) is 0 Å². The van der Waals surface area contributed by atoms with E-state index in [4.69, 9.17) is 0 Å². The van der Waals surface area contributed by atoms with Gasteiger partial charge in [-0.3, -0.25) is 0 Å². The van der Waals surface area contributed by atoms with Crippen LogP contribution in [0.25, 0.3) is 0 Å². The highest BCUT2D eigenvalue weighted by Crippen LogP contribution is 2.27. The molecule has 1 N–H and O–H groups in total. The average molecular weight is 229 g/mol. The van der Waals surface area contributed by atoms with Crippen LogP contribution < -0.4 is 5.32 Å².